The Morgan fingerprint density at radius 2 is 0.617 bits per heavy atom. The third-order valence-electron chi connectivity index (χ3n) is 11.7. The van der Waals surface area contributed by atoms with Gasteiger partial charge in [-0.05, 0) is 140 Å². The second-order valence-corrected chi connectivity index (χ2v) is 15.4. The SMILES string of the molecule is c1ccc(-c2ccc(N(c3ccccc3)c3cccc4cc5ccccc5cc34)cc2-c2cccc(N(c3ccccc3)c3cccc4cc5ccccc5cc34)c2)cc1. The van der Waals surface area contributed by atoms with Crippen molar-refractivity contribution >= 4 is 77.2 Å². The summed E-state index contributed by atoms with van der Waals surface area (Å²) in [5, 5.41) is 9.77. The molecule has 0 spiro atoms. The minimum absolute atomic E-state index is 1.09. The van der Waals surface area contributed by atoms with Crippen molar-refractivity contribution in [2.24, 2.45) is 0 Å². The first-order valence-corrected chi connectivity index (χ1v) is 20.6. The van der Waals surface area contributed by atoms with Crippen LogP contribution in [0.25, 0.3) is 65.3 Å². The number of hydrogen-bond acceptors (Lipinski definition) is 2. The van der Waals surface area contributed by atoms with Crippen molar-refractivity contribution in [3.63, 3.8) is 0 Å². The Bertz CT molecular complexity index is 3320. The lowest BCUT2D eigenvalue weighted by atomic mass is 9.93. The highest BCUT2D eigenvalue weighted by molar-refractivity contribution is 6.08. The lowest BCUT2D eigenvalue weighted by molar-refractivity contribution is 1.29. The summed E-state index contributed by atoms with van der Waals surface area (Å²) in [6.45, 7) is 0. The van der Waals surface area contributed by atoms with Crippen LogP contribution in [0.5, 0.6) is 0 Å². The average molecular weight is 765 g/mol. The maximum atomic E-state index is 2.41. The van der Waals surface area contributed by atoms with Crippen LogP contribution in [0.3, 0.4) is 0 Å². The number of para-hydroxylation sites is 2. The minimum atomic E-state index is 1.09. The third kappa shape index (κ3) is 6.41. The van der Waals surface area contributed by atoms with Crippen molar-refractivity contribution in [2.75, 3.05) is 9.80 Å². The summed E-state index contributed by atoms with van der Waals surface area (Å²) >= 11 is 0. The molecule has 60 heavy (non-hydrogen) atoms. The summed E-state index contributed by atoms with van der Waals surface area (Å²) in [4.78, 5) is 4.82. The van der Waals surface area contributed by atoms with Crippen molar-refractivity contribution in [2.45, 2.75) is 0 Å². The number of nitrogens with zero attached hydrogens (tertiary/aromatic N) is 2. The summed E-state index contributed by atoms with van der Waals surface area (Å²) in [7, 11) is 0. The fourth-order valence-corrected chi connectivity index (χ4v) is 8.89. The van der Waals surface area contributed by atoms with E-state index in [1.807, 2.05) is 0 Å². The molecule has 0 aliphatic rings. The molecular formula is C58H40N2. The van der Waals surface area contributed by atoms with Gasteiger partial charge in [0.25, 0.3) is 0 Å². The summed E-state index contributed by atoms with van der Waals surface area (Å²) in [6, 6.07) is 88.1. The molecule has 0 saturated heterocycles. The number of rotatable bonds is 8. The molecular weight excluding hydrogens is 725 g/mol. The van der Waals surface area contributed by atoms with Crippen LogP contribution in [0, 0.1) is 0 Å². The molecule has 11 aromatic carbocycles. The molecule has 11 aromatic rings. The third-order valence-corrected chi connectivity index (χ3v) is 11.7. The Hall–Kier alpha value is -7.94. The fourth-order valence-electron chi connectivity index (χ4n) is 8.89. The van der Waals surface area contributed by atoms with Gasteiger partial charge in [-0.2, -0.15) is 0 Å². The Kier molecular flexibility index (Phi) is 8.87. The normalized spacial score (nSPS) is 11.3. The van der Waals surface area contributed by atoms with E-state index in [0.29, 0.717) is 0 Å². The Morgan fingerprint density at radius 1 is 0.217 bits per heavy atom. The fraction of sp³-hybridized carbons (Fsp3) is 0. The Labute approximate surface area is 350 Å². The molecule has 0 saturated carbocycles. The van der Waals surface area contributed by atoms with E-state index < -0.39 is 0 Å². The van der Waals surface area contributed by atoms with Crippen LogP contribution in [0.1, 0.15) is 0 Å². The topological polar surface area (TPSA) is 6.48 Å². The quantitative estimate of drug-likeness (QED) is 0.142. The molecule has 0 amide bonds. The molecule has 0 unspecified atom stereocenters. The standard InChI is InChI=1S/C58H40N2/c1-4-17-41(18-5-1)53-34-33-52(60(50-28-8-3-9-29-50)58-32-16-25-47-36-43-20-11-13-22-45(43)39-56(47)58)40-54(53)48-23-14-30-51(37-48)59(49-26-6-2-7-27-49)57-31-15-24-46-35-42-19-10-12-21-44(42)38-55(46)57/h1-40H. The van der Waals surface area contributed by atoms with Gasteiger partial charge in [-0.1, -0.05) is 158 Å². The van der Waals surface area contributed by atoms with E-state index in [4.69, 9.17) is 0 Å². The van der Waals surface area contributed by atoms with Gasteiger partial charge in [0, 0.05) is 33.5 Å². The maximum Gasteiger partial charge on any atom is 0.0540 e. The predicted octanol–water partition coefficient (Wildman–Crippen LogP) is 16.6. The summed E-state index contributed by atoms with van der Waals surface area (Å²) in [5.41, 5.74) is 11.3. The molecule has 0 N–H and O–H groups in total. The summed E-state index contributed by atoms with van der Waals surface area (Å²) in [6.07, 6.45) is 0. The van der Waals surface area contributed by atoms with Gasteiger partial charge in [-0.15, -0.1) is 0 Å². The molecule has 2 heteroatoms. The van der Waals surface area contributed by atoms with E-state index in [9.17, 15) is 0 Å². The van der Waals surface area contributed by atoms with Crippen molar-refractivity contribution in [1.29, 1.82) is 0 Å². The highest BCUT2D eigenvalue weighted by atomic mass is 15.1. The second-order valence-electron chi connectivity index (χ2n) is 15.4. The van der Waals surface area contributed by atoms with Crippen molar-refractivity contribution in [3.8, 4) is 22.3 Å². The molecule has 0 bridgehead atoms. The molecule has 0 heterocycles. The number of hydrogen-bond donors (Lipinski definition) is 0. The largest absolute Gasteiger partial charge is 0.310 e. The van der Waals surface area contributed by atoms with Gasteiger partial charge in [0.1, 0.15) is 0 Å². The number of fused-ring (bicyclic) bond motifs is 4. The minimum Gasteiger partial charge on any atom is -0.310 e. The lowest BCUT2D eigenvalue weighted by Crippen LogP contribution is -2.11. The van der Waals surface area contributed by atoms with Gasteiger partial charge < -0.3 is 9.80 Å². The second kappa shape index (κ2) is 15.1. The molecule has 0 aliphatic carbocycles. The maximum absolute atomic E-state index is 2.41. The number of benzene rings is 11. The zero-order valence-electron chi connectivity index (χ0n) is 33.0. The first-order valence-electron chi connectivity index (χ1n) is 20.6. The predicted molar refractivity (Wildman–Crippen MR) is 257 cm³/mol. The van der Waals surface area contributed by atoms with Crippen LogP contribution in [0.2, 0.25) is 0 Å². The van der Waals surface area contributed by atoms with Crippen molar-refractivity contribution in [1.82, 2.24) is 0 Å². The molecule has 0 fully saturated rings. The van der Waals surface area contributed by atoms with E-state index in [1.165, 1.54) is 54.2 Å². The highest BCUT2D eigenvalue weighted by Crippen LogP contribution is 2.46. The van der Waals surface area contributed by atoms with Gasteiger partial charge in [0.2, 0.25) is 0 Å². The molecule has 0 atom stereocenters. The van der Waals surface area contributed by atoms with Gasteiger partial charge in [0.15, 0.2) is 0 Å². The summed E-state index contributed by atoms with van der Waals surface area (Å²) < 4.78 is 0. The van der Waals surface area contributed by atoms with E-state index in [2.05, 4.69) is 252 Å². The van der Waals surface area contributed by atoms with Gasteiger partial charge in [-0.3, -0.25) is 0 Å². The van der Waals surface area contributed by atoms with Crippen LogP contribution in [-0.2, 0) is 0 Å². The van der Waals surface area contributed by atoms with Gasteiger partial charge in [-0.25, -0.2) is 0 Å². The Balaban J connectivity index is 1.12. The monoisotopic (exact) mass is 764 g/mol. The first kappa shape index (κ1) is 35.2. The van der Waals surface area contributed by atoms with Crippen LogP contribution in [-0.4, -0.2) is 0 Å². The molecule has 11 rings (SSSR count). The van der Waals surface area contributed by atoms with Crippen molar-refractivity contribution in [3.05, 3.63) is 243 Å². The average Bonchev–Trinajstić information content (AvgIpc) is 3.32. The molecule has 2 nitrogen and oxygen atoms in total. The van der Waals surface area contributed by atoms with E-state index in [0.717, 1.165) is 45.3 Å². The van der Waals surface area contributed by atoms with E-state index in [-0.39, 0.29) is 0 Å². The molecule has 0 aliphatic heterocycles. The molecule has 282 valence electrons. The van der Waals surface area contributed by atoms with Crippen LogP contribution < -0.4 is 9.80 Å². The van der Waals surface area contributed by atoms with Crippen LogP contribution in [0.4, 0.5) is 34.1 Å². The van der Waals surface area contributed by atoms with Gasteiger partial charge in [0.05, 0.1) is 11.4 Å². The first-order chi connectivity index (χ1) is 29.7. The Morgan fingerprint density at radius 3 is 1.15 bits per heavy atom. The smallest absolute Gasteiger partial charge is 0.0540 e. The van der Waals surface area contributed by atoms with Crippen LogP contribution in [0.15, 0.2) is 243 Å². The summed E-state index contributed by atoms with van der Waals surface area (Å²) in [5.74, 6) is 0. The molecule has 0 radical (unpaired) electrons. The lowest BCUT2D eigenvalue weighted by Gasteiger charge is -2.29. The van der Waals surface area contributed by atoms with E-state index in [1.54, 1.807) is 0 Å². The highest BCUT2D eigenvalue weighted by Gasteiger charge is 2.21. The van der Waals surface area contributed by atoms with E-state index >= 15 is 0 Å². The zero-order chi connectivity index (χ0) is 39.8. The number of anilines is 6. The zero-order valence-corrected chi connectivity index (χ0v) is 33.0. The van der Waals surface area contributed by atoms with Crippen molar-refractivity contribution < 1.29 is 0 Å². The van der Waals surface area contributed by atoms with Gasteiger partial charge >= 0.3 is 0 Å². The van der Waals surface area contributed by atoms with Crippen LogP contribution >= 0.6 is 0 Å². The molecule has 0 aromatic heterocycles.